The molecule has 23 heavy (non-hydrogen) atoms. The average molecular weight is 383 g/mol. The molecule has 6 heteroatoms. The summed E-state index contributed by atoms with van der Waals surface area (Å²) in [6.07, 6.45) is 0.820. The normalized spacial score (nSPS) is 12.0. The molecule has 0 bridgehead atoms. The van der Waals surface area contributed by atoms with Gasteiger partial charge in [-0.05, 0) is 36.2 Å². The van der Waals surface area contributed by atoms with Crippen LogP contribution in [-0.2, 0) is 4.79 Å². The maximum absolute atomic E-state index is 13.1. The van der Waals surface area contributed by atoms with E-state index in [1.165, 1.54) is 6.07 Å². The lowest BCUT2D eigenvalue weighted by molar-refractivity contribution is -0.115. The number of rotatable bonds is 6. The van der Waals surface area contributed by atoms with Gasteiger partial charge in [-0.1, -0.05) is 35.0 Å². The van der Waals surface area contributed by atoms with Crippen LogP contribution in [0.5, 0.6) is 0 Å². The van der Waals surface area contributed by atoms with E-state index in [1.807, 2.05) is 31.2 Å². The predicted octanol–water partition coefficient (Wildman–Crippen LogP) is 4.41. The lowest BCUT2D eigenvalue weighted by Crippen LogP contribution is -2.31. The zero-order valence-electron chi connectivity index (χ0n) is 12.6. The molecule has 122 valence electrons. The van der Waals surface area contributed by atoms with Gasteiger partial charge in [-0.15, -0.1) is 0 Å². The van der Waals surface area contributed by atoms with E-state index in [4.69, 9.17) is 0 Å². The van der Waals surface area contributed by atoms with Gasteiger partial charge in [-0.2, -0.15) is 0 Å². The van der Waals surface area contributed by atoms with Crippen molar-refractivity contribution < 1.29 is 13.6 Å². The van der Waals surface area contributed by atoms with Gasteiger partial charge in [0.15, 0.2) is 11.6 Å². The molecule has 0 radical (unpaired) electrons. The zero-order valence-corrected chi connectivity index (χ0v) is 14.2. The first-order valence-electron chi connectivity index (χ1n) is 7.23. The summed E-state index contributed by atoms with van der Waals surface area (Å²) in [6, 6.07) is 11.2. The molecule has 0 fully saturated rings. The number of benzene rings is 2. The Morgan fingerprint density at radius 1 is 1.13 bits per heavy atom. The summed E-state index contributed by atoms with van der Waals surface area (Å²) >= 11 is 3.38. The topological polar surface area (TPSA) is 41.1 Å². The smallest absolute Gasteiger partial charge is 0.238 e. The van der Waals surface area contributed by atoms with Crippen LogP contribution in [0.25, 0.3) is 0 Å². The van der Waals surface area contributed by atoms with Gasteiger partial charge in [0.1, 0.15) is 0 Å². The van der Waals surface area contributed by atoms with Crippen molar-refractivity contribution >= 4 is 27.5 Å². The largest absolute Gasteiger partial charge is 0.325 e. The lowest BCUT2D eigenvalue weighted by atomic mass is 10.0. The predicted molar refractivity (Wildman–Crippen MR) is 90.2 cm³/mol. The fourth-order valence-electron chi connectivity index (χ4n) is 2.19. The Labute approximate surface area is 142 Å². The van der Waals surface area contributed by atoms with Gasteiger partial charge < -0.3 is 10.6 Å². The van der Waals surface area contributed by atoms with Gasteiger partial charge in [-0.3, -0.25) is 4.79 Å². The van der Waals surface area contributed by atoms with Crippen molar-refractivity contribution in [3.63, 3.8) is 0 Å². The molecule has 0 aliphatic rings. The van der Waals surface area contributed by atoms with E-state index in [9.17, 15) is 13.6 Å². The van der Waals surface area contributed by atoms with Crippen molar-refractivity contribution in [2.24, 2.45) is 0 Å². The van der Waals surface area contributed by atoms with Gasteiger partial charge in [0.25, 0.3) is 0 Å². The molecule has 0 aliphatic heterocycles. The van der Waals surface area contributed by atoms with E-state index in [2.05, 4.69) is 26.6 Å². The summed E-state index contributed by atoms with van der Waals surface area (Å²) in [5.74, 6) is -2.24. The molecule has 1 amide bonds. The molecule has 2 aromatic carbocycles. The number of anilines is 1. The number of halogens is 3. The second-order valence-corrected chi connectivity index (χ2v) is 5.99. The van der Waals surface area contributed by atoms with Gasteiger partial charge in [-0.25, -0.2) is 8.78 Å². The Morgan fingerprint density at radius 3 is 2.43 bits per heavy atom. The van der Waals surface area contributed by atoms with E-state index >= 15 is 0 Å². The second-order valence-electron chi connectivity index (χ2n) is 5.07. The number of hydrogen-bond donors (Lipinski definition) is 2. The summed E-state index contributed by atoms with van der Waals surface area (Å²) in [7, 11) is 0. The molecule has 1 atom stereocenters. The van der Waals surface area contributed by atoms with E-state index in [0.29, 0.717) is 0 Å². The van der Waals surface area contributed by atoms with Crippen LogP contribution in [0, 0.1) is 11.6 Å². The Kier molecular flexibility index (Phi) is 6.24. The van der Waals surface area contributed by atoms with Crippen molar-refractivity contribution in [1.82, 2.24) is 5.32 Å². The molecule has 2 rings (SSSR count). The number of carbonyl (C=O) groups excluding carboxylic acids is 1. The number of amides is 1. The van der Waals surface area contributed by atoms with Crippen molar-refractivity contribution in [2.45, 2.75) is 19.4 Å². The maximum atomic E-state index is 13.1. The van der Waals surface area contributed by atoms with E-state index in [0.717, 1.165) is 28.6 Å². The van der Waals surface area contributed by atoms with E-state index in [1.54, 1.807) is 0 Å². The minimum atomic E-state index is -0.989. The third-order valence-corrected chi connectivity index (χ3v) is 3.92. The van der Waals surface area contributed by atoms with Crippen LogP contribution in [0.1, 0.15) is 24.9 Å². The highest BCUT2D eigenvalue weighted by Gasteiger charge is 2.11. The SMILES string of the molecule is CC[C@H](NCC(=O)Nc1ccc(F)c(F)c1)c1ccc(Br)cc1. The average Bonchev–Trinajstić information content (AvgIpc) is 2.53. The summed E-state index contributed by atoms with van der Waals surface area (Å²) in [5, 5.41) is 5.69. The molecule has 0 saturated heterocycles. The van der Waals surface area contributed by atoms with Gasteiger partial charge in [0, 0.05) is 22.3 Å². The molecule has 2 N–H and O–H groups in total. The quantitative estimate of drug-likeness (QED) is 0.776. The van der Waals surface area contributed by atoms with Gasteiger partial charge >= 0.3 is 0 Å². The maximum Gasteiger partial charge on any atom is 0.238 e. The van der Waals surface area contributed by atoms with Crippen molar-refractivity contribution in [1.29, 1.82) is 0 Å². The van der Waals surface area contributed by atoms with Crippen LogP contribution in [0.3, 0.4) is 0 Å². The first-order chi connectivity index (χ1) is 11.0. The molecule has 0 unspecified atom stereocenters. The minimum absolute atomic E-state index is 0.0406. The monoisotopic (exact) mass is 382 g/mol. The fourth-order valence-corrected chi connectivity index (χ4v) is 2.45. The summed E-state index contributed by atoms with van der Waals surface area (Å²) in [6.45, 7) is 2.10. The van der Waals surface area contributed by atoms with Crippen molar-refractivity contribution in [3.05, 3.63) is 64.1 Å². The minimum Gasteiger partial charge on any atom is -0.325 e. The number of nitrogens with one attached hydrogen (secondary N) is 2. The van der Waals surface area contributed by atoms with Crippen molar-refractivity contribution in [2.75, 3.05) is 11.9 Å². The molecule has 0 heterocycles. The summed E-state index contributed by atoms with van der Waals surface area (Å²) in [5.41, 5.74) is 1.31. The van der Waals surface area contributed by atoms with E-state index < -0.39 is 11.6 Å². The zero-order chi connectivity index (χ0) is 16.8. The van der Waals surface area contributed by atoms with E-state index in [-0.39, 0.29) is 24.2 Å². The van der Waals surface area contributed by atoms with Crippen LogP contribution in [0.2, 0.25) is 0 Å². The lowest BCUT2D eigenvalue weighted by Gasteiger charge is -2.17. The van der Waals surface area contributed by atoms with Gasteiger partial charge in [0.2, 0.25) is 5.91 Å². The third-order valence-electron chi connectivity index (χ3n) is 3.39. The van der Waals surface area contributed by atoms with Crippen LogP contribution < -0.4 is 10.6 Å². The molecule has 2 aromatic rings. The standard InChI is InChI=1S/C17H17BrF2N2O/c1-2-16(11-3-5-12(18)6-4-11)21-10-17(23)22-13-7-8-14(19)15(20)9-13/h3-9,16,21H,2,10H2,1H3,(H,22,23)/t16-/m0/s1. The highest BCUT2D eigenvalue weighted by Crippen LogP contribution is 2.19. The first kappa shape index (κ1) is 17.6. The fraction of sp³-hybridized carbons (Fsp3) is 0.235. The molecule has 0 aliphatic carbocycles. The first-order valence-corrected chi connectivity index (χ1v) is 8.02. The Balaban J connectivity index is 1.91. The third kappa shape index (κ3) is 5.11. The number of carbonyl (C=O) groups is 1. The molecule has 0 saturated carbocycles. The van der Waals surface area contributed by atoms with Crippen LogP contribution in [-0.4, -0.2) is 12.5 Å². The van der Waals surface area contributed by atoms with Crippen LogP contribution >= 0.6 is 15.9 Å². The Bertz CT molecular complexity index is 677. The second kappa shape index (κ2) is 8.17. The van der Waals surface area contributed by atoms with Crippen LogP contribution in [0.4, 0.5) is 14.5 Å². The number of hydrogen-bond acceptors (Lipinski definition) is 2. The Morgan fingerprint density at radius 2 is 1.83 bits per heavy atom. The van der Waals surface area contributed by atoms with Crippen LogP contribution in [0.15, 0.2) is 46.9 Å². The molecular weight excluding hydrogens is 366 g/mol. The highest BCUT2D eigenvalue weighted by atomic mass is 79.9. The summed E-state index contributed by atoms with van der Waals surface area (Å²) < 4.78 is 26.9. The van der Waals surface area contributed by atoms with Gasteiger partial charge in [0.05, 0.1) is 6.54 Å². The highest BCUT2D eigenvalue weighted by molar-refractivity contribution is 9.10. The Hall–Kier alpha value is -1.79. The van der Waals surface area contributed by atoms with Crippen molar-refractivity contribution in [3.8, 4) is 0 Å². The molecule has 0 spiro atoms. The molecular formula is C17H17BrF2N2O. The molecule has 0 aromatic heterocycles. The summed E-state index contributed by atoms with van der Waals surface area (Å²) in [4.78, 5) is 11.9. The molecule has 3 nitrogen and oxygen atoms in total.